The largest absolute Gasteiger partial charge is 0.496 e. The molecule has 0 fully saturated rings. The third-order valence-corrected chi connectivity index (χ3v) is 3.16. The van der Waals surface area contributed by atoms with E-state index in [1.165, 1.54) is 16.7 Å². The van der Waals surface area contributed by atoms with Gasteiger partial charge in [-0.15, -0.1) is 0 Å². The number of aryl methyl sites for hydroxylation is 1. The van der Waals surface area contributed by atoms with E-state index in [-0.39, 0.29) is 0 Å². The Balaban J connectivity index is 3.06. The molecule has 0 radical (unpaired) electrons. The fraction of sp³-hybridized carbons (Fsp3) is 0.500. The van der Waals surface area contributed by atoms with E-state index in [9.17, 15) is 4.79 Å². The molecule has 0 bridgehead atoms. The van der Waals surface area contributed by atoms with Gasteiger partial charge >= 0.3 is 0 Å². The predicted octanol–water partition coefficient (Wildman–Crippen LogP) is 2.25. The number of ether oxygens (including phenoxy) is 1. The maximum Gasteiger partial charge on any atom is 0.133 e. The summed E-state index contributed by atoms with van der Waals surface area (Å²) < 4.78 is 5.39. The number of aldehydes is 1. The fourth-order valence-corrected chi connectivity index (χ4v) is 2.10. The SMILES string of the molecule is COc1c(C)cc(CN(C)CC=O)c(C)c1C. The van der Waals surface area contributed by atoms with Crippen LogP contribution in [0.2, 0.25) is 0 Å². The molecule has 0 N–H and O–H groups in total. The molecule has 1 rings (SSSR count). The van der Waals surface area contributed by atoms with E-state index in [0.29, 0.717) is 6.54 Å². The molecule has 1 aromatic rings. The third kappa shape index (κ3) is 3.07. The molecule has 0 unspecified atom stereocenters. The summed E-state index contributed by atoms with van der Waals surface area (Å²) in [7, 11) is 3.65. The van der Waals surface area contributed by atoms with E-state index in [1.807, 2.05) is 11.9 Å². The minimum Gasteiger partial charge on any atom is -0.496 e. The number of carbonyl (C=O) groups is 1. The fourth-order valence-electron chi connectivity index (χ4n) is 2.10. The standard InChI is InChI=1S/C14H21NO2/c1-10-8-13(9-15(4)6-7-16)11(2)12(3)14(10)17-5/h7-8H,6,9H2,1-5H3. The lowest BCUT2D eigenvalue weighted by Crippen LogP contribution is -2.20. The Labute approximate surface area is 103 Å². The summed E-state index contributed by atoms with van der Waals surface area (Å²) in [5, 5.41) is 0. The molecule has 0 heterocycles. The molecule has 0 spiro atoms. The maximum absolute atomic E-state index is 10.5. The van der Waals surface area contributed by atoms with Gasteiger partial charge in [-0.1, -0.05) is 6.07 Å². The van der Waals surface area contributed by atoms with Gasteiger partial charge in [0.15, 0.2) is 0 Å². The van der Waals surface area contributed by atoms with Crippen LogP contribution in [0.15, 0.2) is 6.07 Å². The van der Waals surface area contributed by atoms with Crippen molar-refractivity contribution in [2.75, 3.05) is 20.7 Å². The van der Waals surface area contributed by atoms with Crippen LogP contribution in [0, 0.1) is 20.8 Å². The monoisotopic (exact) mass is 235 g/mol. The highest BCUT2D eigenvalue weighted by Gasteiger charge is 2.11. The van der Waals surface area contributed by atoms with Gasteiger partial charge in [0.1, 0.15) is 12.0 Å². The van der Waals surface area contributed by atoms with Gasteiger partial charge in [0, 0.05) is 6.54 Å². The van der Waals surface area contributed by atoms with Gasteiger partial charge in [0.25, 0.3) is 0 Å². The van der Waals surface area contributed by atoms with Gasteiger partial charge < -0.3 is 9.53 Å². The number of methoxy groups -OCH3 is 1. The zero-order valence-corrected chi connectivity index (χ0v) is 11.3. The van der Waals surface area contributed by atoms with E-state index in [0.717, 1.165) is 24.1 Å². The lowest BCUT2D eigenvalue weighted by molar-refractivity contribution is -0.108. The quantitative estimate of drug-likeness (QED) is 0.733. The van der Waals surface area contributed by atoms with E-state index in [1.54, 1.807) is 7.11 Å². The van der Waals surface area contributed by atoms with Crippen molar-refractivity contribution >= 4 is 6.29 Å². The molecule has 1 aromatic carbocycles. The molecule has 0 saturated heterocycles. The number of nitrogens with zero attached hydrogens (tertiary/aromatic N) is 1. The second-order valence-electron chi connectivity index (χ2n) is 4.50. The summed E-state index contributed by atoms with van der Waals surface area (Å²) in [4.78, 5) is 12.5. The van der Waals surface area contributed by atoms with Crippen LogP contribution in [-0.2, 0) is 11.3 Å². The number of likely N-dealkylation sites (N-methyl/N-ethyl adjacent to an activating group) is 1. The first-order valence-electron chi connectivity index (χ1n) is 5.77. The second-order valence-corrected chi connectivity index (χ2v) is 4.50. The summed E-state index contributed by atoms with van der Waals surface area (Å²) in [6.45, 7) is 7.47. The van der Waals surface area contributed by atoms with Gasteiger partial charge in [-0.05, 0) is 50.1 Å². The normalized spacial score (nSPS) is 10.7. The lowest BCUT2D eigenvalue weighted by atomic mass is 9.98. The van der Waals surface area contributed by atoms with Crippen molar-refractivity contribution in [3.8, 4) is 5.75 Å². The minimum atomic E-state index is 0.462. The van der Waals surface area contributed by atoms with Crippen molar-refractivity contribution < 1.29 is 9.53 Å². The zero-order valence-electron chi connectivity index (χ0n) is 11.3. The molecule has 0 saturated carbocycles. The molecule has 3 heteroatoms. The Morgan fingerprint density at radius 1 is 1.29 bits per heavy atom. The van der Waals surface area contributed by atoms with Crippen molar-refractivity contribution in [3.63, 3.8) is 0 Å². The van der Waals surface area contributed by atoms with Crippen LogP contribution in [-0.4, -0.2) is 31.9 Å². The number of benzene rings is 1. The molecule has 0 aliphatic rings. The Hall–Kier alpha value is -1.35. The highest BCUT2D eigenvalue weighted by Crippen LogP contribution is 2.28. The highest BCUT2D eigenvalue weighted by molar-refractivity contribution is 5.52. The topological polar surface area (TPSA) is 29.5 Å². The molecule has 0 aliphatic heterocycles. The van der Waals surface area contributed by atoms with Crippen molar-refractivity contribution in [2.24, 2.45) is 0 Å². The zero-order chi connectivity index (χ0) is 13.0. The van der Waals surface area contributed by atoms with Crippen molar-refractivity contribution in [2.45, 2.75) is 27.3 Å². The van der Waals surface area contributed by atoms with E-state index < -0.39 is 0 Å². The number of hydrogen-bond acceptors (Lipinski definition) is 3. The first kappa shape index (κ1) is 13.7. The van der Waals surface area contributed by atoms with Crippen LogP contribution < -0.4 is 4.74 Å². The van der Waals surface area contributed by atoms with Gasteiger partial charge in [-0.2, -0.15) is 0 Å². The first-order chi connectivity index (χ1) is 8.01. The molecule has 3 nitrogen and oxygen atoms in total. The Morgan fingerprint density at radius 2 is 1.94 bits per heavy atom. The lowest BCUT2D eigenvalue weighted by Gasteiger charge is -2.19. The first-order valence-corrected chi connectivity index (χ1v) is 5.77. The number of rotatable bonds is 5. The van der Waals surface area contributed by atoms with Gasteiger partial charge in [0.2, 0.25) is 0 Å². The van der Waals surface area contributed by atoms with Crippen LogP contribution in [0.3, 0.4) is 0 Å². The molecular formula is C14H21NO2. The molecule has 94 valence electrons. The Morgan fingerprint density at radius 3 is 2.47 bits per heavy atom. The van der Waals surface area contributed by atoms with Crippen LogP contribution in [0.1, 0.15) is 22.3 Å². The summed E-state index contributed by atoms with van der Waals surface area (Å²) in [6, 6.07) is 2.14. The molecule has 17 heavy (non-hydrogen) atoms. The Bertz CT molecular complexity index is 413. The number of carbonyl (C=O) groups excluding carboxylic acids is 1. The van der Waals surface area contributed by atoms with Crippen LogP contribution in [0.25, 0.3) is 0 Å². The predicted molar refractivity (Wildman–Crippen MR) is 69.6 cm³/mol. The van der Waals surface area contributed by atoms with Gasteiger partial charge in [-0.25, -0.2) is 0 Å². The summed E-state index contributed by atoms with van der Waals surface area (Å²) in [5.41, 5.74) is 4.82. The molecule has 0 aliphatic carbocycles. The summed E-state index contributed by atoms with van der Waals surface area (Å²) >= 11 is 0. The van der Waals surface area contributed by atoms with Gasteiger partial charge in [0.05, 0.1) is 13.7 Å². The molecule has 0 aromatic heterocycles. The maximum atomic E-state index is 10.5. The van der Waals surface area contributed by atoms with Crippen LogP contribution in [0.4, 0.5) is 0 Å². The average Bonchev–Trinajstić information content (AvgIpc) is 2.26. The molecule has 0 amide bonds. The van der Waals surface area contributed by atoms with Crippen molar-refractivity contribution in [1.82, 2.24) is 4.90 Å². The van der Waals surface area contributed by atoms with E-state index in [2.05, 4.69) is 26.8 Å². The second kappa shape index (κ2) is 5.82. The minimum absolute atomic E-state index is 0.462. The molecular weight excluding hydrogens is 214 g/mol. The molecule has 0 atom stereocenters. The summed E-state index contributed by atoms with van der Waals surface area (Å²) in [5.74, 6) is 0.962. The highest BCUT2D eigenvalue weighted by atomic mass is 16.5. The average molecular weight is 235 g/mol. The van der Waals surface area contributed by atoms with Crippen molar-refractivity contribution in [1.29, 1.82) is 0 Å². The smallest absolute Gasteiger partial charge is 0.133 e. The van der Waals surface area contributed by atoms with E-state index >= 15 is 0 Å². The van der Waals surface area contributed by atoms with Crippen LogP contribution >= 0.6 is 0 Å². The van der Waals surface area contributed by atoms with Gasteiger partial charge in [-0.3, -0.25) is 4.90 Å². The number of hydrogen-bond donors (Lipinski definition) is 0. The Kier molecular flexibility index (Phi) is 4.70. The third-order valence-electron chi connectivity index (χ3n) is 3.16. The van der Waals surface area contributed by atoms with Crippen molar-refractivity contribution in [3.05, 3.63) is 28.3 Å². The summed E-state index contributed by atoms with van der Waals surface area (Å²) in [6.07, 6.45) is 0.929. The van der Waals surface area contributed by atoms with Crippen LogP contribution in [0.5, 0.6) is 5.75 Å². The van der Waals surface area contributed by atoms with E-state index in [4.69, 9.17) is 4.74 Å².